The molecule has 138 valence electrons. The largest absolute Gasteiger partial charge is 0.369 e. The third-order valence-electron chi connectivity index (χ3n) is 7.18. The smallest absolute Gasteiger partial charge is 0.224 e. The van der Waals surface area contributed by atoms with E-state index in [1.54, 1.807) is 0 Å². The van der Waals surface area contributed by atoms with Crippen molar-refractivity contribution in [1.29, 1.82) is 0 Å². The number of carbonyl (C=O) groups excluding carboxylic acids is 4. The van der Waals surface area contributed by atoms with Gasteiger partial charge in [-0.05, 0) is 43.9 Å². The van der Waals surface area contributed by atoms with Gasteiger partial charge < -0.3 is 22.9 Å². The summed E-state index contributed by atoms with van der Waals surface area (Å²) in [5.41, 5.74) is 18.3. The molecule has 0 aromatic heterocycles. The first kappa shape index (κ1) is 17.7. The highest BCUT2D eigenvalue weighted by Gasteiger charge is 2.78. The molecule has 4 rings (SSSR count). The van der Waals surface area contributed by atoms with Crippen LogP contribution in [0.15, 0.2) is 0 Å². The SMILES string of the molecule is CC(C)C1C2(C(N)=O)CC3(C(N)=O)CC(C(N)=O)(C2)CC1(C(N)=O)C3. The van der Waals surface area contributed by atoms with Gasteiger partial charge in [0.2, 0.25) is 23.6 Å². The van der Waals surface area contributed by atoms with E-state index in [0.717, 1.165) is 0 Å². The zero-order chi connectivity index (χ0) is 19.0. The summed E-state index contributed by atoms with van der Waals surface area (Å²) < 4.78 is 0. The number of hydrogen-bond acceptors (Lipinski definition) is 4. The molecule has 0 spiro atoms. The maximum atomic E-state index is 12.6. The van der Waals surface area contributed by atoms with Crippen molar-refractivity contribution >= 4 is 23.6 Å². The van der Waals surface area contributed by atoms with Crippen LogP contribution in [0.1, 0.15) is 46.0 Å². The molecule has 4 amide bonds. The van der Waals surface area contributed by atoms with Gasteiger partial charge >= 0.3 is 0 Å². The lowest BCUT2D eigenvalue weighted by atomic mass is 9.30. The van der Waals surface area contributed by atoms with E-state index in [1.807, 2.05) is 13.8 Å². The van der Waals surface area contributed by atoms with Gasteiger partial charge in [-0.1, -0.05) is 13.8 Å². The molecule has 0 unspecified atom stereocenters. The van der Waals surface area contributed by atoms with Crippen LogP contribution in [-0.2, 0) is 19.2 Å². The molecular formula is C17H26N4O4. The Morgan fingerprint density at radius 2 is 1.00 bits per heavy atom. The fourth-order valence-electron chi connectivity index (χ4n) is 6.99. The van der Waals surface area contributed by atoms with Crippen molar-refractivity contribution < 1.29 is 19.2 Å². The molecule has 8 N–H and O–H groups in total. The highest BCUT2D eigenvalue weighted by Crippen LogP contribution is 2.76. The predicted molar refractivity (Wildman–Crippen MR) is 87.9 cm³/mol. The van der Waals surface area contributed by atoms with Crippen LogP contribution >= 0.6 is 0 Å². The van der Waals surface area contributed by atoms with E-state index in [4.69, 9.17) is 22.9 Å². The van der Waals surface area contributed by atoms with E-state index in [2.05, 4.69) is 0 Å². The Labute approximate surface area is 146 Å². The monoisotopic (exact) mass is 350 g/mol. The summed E-state index contributed by atoms with van der Waals surface area (Å²) in [5.74, 6) is -3.03. The Morgan fingerprint density at radius 3 is 1.20 bits per heavy atom. The van der Waals surface area contributed by atoms with Crippen molar-refractivity contribution in [2.75, 3.05) is 0 Å². The van der Waals surface area contributed by atoms with Gasteiger partial charge in [-0.25, -0.2) is 0 Å². The van der Waals surface area contributed by atoms with Gasteiger partial charge in [0.1, 0.15) is 0 Å². The van der Waals surface area contributed by atoms with Crippen molar-refractivity contribution in [2.45, 2.75) is 46.0 Å². The van der Waals surface area contributed by atoms with Gasteiger partial charge in [0.05, 0.1) is 21.7 Å². The third-order valence-corrected chi connectivity index (χ3v) is 7.18. The minimum absolute atomic E-state index is 0.0881. The zero-order valence-electron chi connectivity index (χ0n) is 14.6. The molecule has 4 bridgehead atoms. The lowest BCUT2D eigenvalue weighted by molar-refractivity contribution is -0.233. The molecule has 4 aliphatic carbocycles. The summed E-state index contributed by atoms with van der Waals surface area (Å²) in [6.07, 6.45) is 0.754. The molecule has 0 saturated heterocycles. The van der Waals surface area contributed by atoms with Crippen LogP contribution in [0.3, 0.4) is 0 Å². The number of rotatable bonds is 5. The first-order valence-corrected chi connectivity index (χ1v) is 8.57. The normalized spacial score (nSPS) is 44.7. The topological polar surface area (TPSA) is 172 Å². The van der Waals surface area contributed by atoms with Crippen LogP contribution in [0.4, 0.5) is 0 Å². The van der Waals surface area contributed by atoms with E-state index >= 15 is 0 Å². The molecule has 0 aromatic carbocycles. The molecule has 0 aromatic rings. The minimum Gasteiger partial charge on any atom is -0.369 e. The van der Waals surface area contributed by atoms with E-state index < -0.39 is 51.2 Å². The summed E-state index contributed by atoms with van der Waals surface area (Å²) in [7, 11) is 0. The second-order valence-electron chi connectivity index (χ2n) is 8.94. The fourth-order valence-corrected chi connectivity index (χ4v) is 6.99. The average Bonchev–Trinajstić information content (AvgIpc) is 2.44. The molecule has 4 fully saturated rings. The molecule has 0 heterocycles. The highest BCUT2D eigenvalue weighted by molar-refractivity contribution is 5.95. The maximum Gasteiger partial charge on any atom is 0.224 e. The van der Waals surface area contributed by atoms with Crippen LogP contribution in [0.2, 0.25) is 0 Å². The average molecular weight is 350 g/mol. The quantitative estimate of drug-likeness (QED) is 0.505. The Bertz CT molecular complexity index is 633. The number of amides is 4. The number of primary amides is 4. The Hall–Kier alpha value is -2.12. The zero-order valence-corrected chi connectivity index (χ0v) is 14.6. The standard InChI is InChI=1S/C17H26N4O4/c1-8(2)9-16(12(20)24)4-14(10(18)22)3-15(6-16,11(19)23)7-17(9,5-14)13(21)25/h8-9H,3-7H2,1-2H3,(H2,18,22)(H2,19,23)(H2,20,24)(H2,21,25). The second-order valence-corrected chi connectivity index (χ2v) is 8.94. The minimum atomic E-state index is -1.19. The van der Waals surface area contributed by atoms with Crippen molar-refractivity contribution in [3.63, 3.8) is 0 Å². The lowest BCUT2D eigenvalue weighted by Gasteiger charge is -2.71. The molecule has 8 nitrogen and oxygen atoms in total. The summed E-state index contributed by atoms with van der Waals surface area (Å²) in [4.78, 5) is 50.0. The number of carbonyl (C=O) groups is 4. The van der Waals surface area contributed by atoms with Gasteiger partial charge in [0.15, 0.2) is 0 Å². The van der Waals surface area contributed by atoms with Crippen LogP contribution in [0, 0.1) is 33.5 Å². The Balaban J connectivity index is 2.36. The number of nitrogens with two attached hydrogens (primary N) is 4. The van der Waals surface area contributed by atoms with E-state index in [1.165, 1.54) is 0 Å². The maximum absolute atomic E-state index is 12.6. The molecule has 8 heteroatoms. The Morgan fingerprint density at radius 1 is 0.680 bits per heavy atom. The van der Waals surface area contributed by atoms with Crippen molar-refractivity contribution in [3.8, 4) is 0 Å². The van der Waals surface area contributed by atoms with Gasteiger partial charge in [0.25, 0.3) is 0 Å². The molecule has 25 heavy (non-hydrogen) atoms. The third kappa shape index (κ3) is 1.88. The van der Waals surface area contributed by atoms with E-state index in [0.29, 0.717) is 0 Å². The Kier molecular flexibility index (Phi) is 3.35. The molecule has 0 atom stereocenters. The first-order chi connectivity index (χ1) is 11.4. The van der Waals surface area contributed by atoms with E-state index in [-0.39, 0.29) is 38.0 Å². The van der Waals surface area contributed by atoms with Gasteiger partial charge in [-0.2, -0.15) is 0 Å². The van der Waals surface area contributed by atoms with Crippen molar-refractivity contribution in [3.05, 3.63) is 0 Å². The predicted octanol–water partition coefficient (Wildman–Crippen LogP) is -0.863. The molecular weight excluding hydrogens is 324 g/mol. The summed E-state index contributed by atoms with van der Waals surface area (Å²) in [6.45, 7) is 3.80. The molecule has 4 saturated carbocycles. The van der Waals surface area contributed by atoms with Gasteiger partial charge in [0, 0.05) is 0 Å². The fraction of sp³-hybridized carbons (Fsp3) is 0.765. The van der Waals surface area contributed by atoms with Crippen LogP contribution in [0.25, 0.3) is 0 Å². The summed E-state index contributed by atoms with van der Waals surface area (Å²) >= 11 is 0. The first-order valence-electron chi connectivity index (χ1n) is 8.57. The second kappa shape index (κ2) is 4.74. The van der Waals surface area contributed by atoms with Crippen molar-refractivity contribution in [1.82, 2.24) is 0 Å². The van der Waals surface area contributed by atoms with Crippen LogP contribution in [0.5, 0.6) is 0 Å². The van der Waals surface area contributed by atoms with Crippen LogP contribution in [-0.4, -0.2) is 23.6 Å². The summed E-state index contributed by atoms with van der Waals surface area (Å²) in [6, 6.07) is 0. The molecule has 4 aliphatic rings. The van der Waals surface area contributed by atoms with E-state index in [9.17, 15) is 19.2 Å². The highest BCUT2D eigenvalue weighted by atomic mass is 16.2. The molecule has 0 radical (unpaired) electrons. The van der Waals surface area contributed by atoms with Crippen LogP contribution < -0.4 is 22.9 Å². The molecule has 0 aliphatic heterocycles. The summed E-state index contributed by atoms with van der Waals surface area (Å²) in [5, 5.41) is 0. The lowest BCUT2D eigenvalue weighted by Crippen LogP contribution is -2.75. The van der Waals surface area contributed by atoms with Gasteiger partial charge in [-0.3, -0.25) is 19.2 Å². The van der Waals surface area contributed by atoms with Gasteiger partial charge in [-0.15, -0.1) is 0 Å². The van der Waals surface area contributed by atoms with Crippen molar-refractivity contribution in [2.24, 2.45) is 56.4 Å². The number of hydrogen-bond donors (Lipinski definition) is 4.